The monoisotopic (exact) mass is 349 g/mol. The second-order valence-electron chi connectivity index (χ2n) is 6.69. The minimum absolute atomic E-state index is 1.20. The summed E-state index contributed by atoms with van der Waals surface area (Å²) in [6.45, 7) is 0. The number of benzene rings is 4. The van der Waals surface area contributed by atoms with Crippen LogP contribution in [0.4, 0.5) is 0 Å². The number of H-pyrrole nitrogens is 1. The van der Waals surface area contributed by atoms with E-state index in [4.69, 9.17) is 0 Å². The van der Waals surface area contributed by atoms with Crippen LogP contribution < -0.4 is 0 Å². The number of nitrogens with one attached hydrogen (secondary N) is 1. The first kappa shape index (κ1) is 14.1. The third-order valence-corrected chi connectivity index (χ3v) is 6.40. The number of aromatic amines is 1. The highest BCUT2D eigenvalue weighted by Crippen LogP contribution is 2.45. The normalized spacial score (nSPS) is 11.8. The molecule has 2 aromatic heterocycles. The van der Waals surface area contributed by atoms with Crippen LogP contribution in [-0.2, 0) is 0 Å². The molecule has 2 heteroatoms. The van der Waals surface area contributed by atoms with Gasteiger partial charge in [0, 0.05) is 47.5 Å². The summed E-state index contributed by atoms with van der Waals surface area (Å²) in [7, 11) is 0. The molecule has 122 valence electrons. The van der Waals surface area contributed by atoms with Crippen LogP contribution in [0.15, 0.2) is 84.9 Å². The van der Waals surface area contributed by atoms with Gasteiger partial charge in [-0.25, -0.2) is 0 Å². The Morgan fingerprint density at radius 1 is 0.615 bits per heavy atom. The predicted molar refractivity (Wildman–Crippen MR) is 114 cm³/mol. The van der Waals surface area contributed by atoms with Crippen LogP contribution in [0.1, 0.15) is 0 Å². The van der Waals surface area contributed by atoms with Gasteiger partial charge in [-0.05, 0) is 23.8 Å². The number of hydrogen-bond acceptors (Lipinski definition) is 1. The van der Waals surface area contributed by atoms with E-state index in [0.29, 0.717) is 0 Å². The average molecular weight is 349 g/mol. The van der Waals surface area contributed by atoms with Gasteiger partial charge in [0.2, 0.25) is 0 Å². The van der Waals surface area contributed by atoms with Gasteiger partial charge in [-0.2, -0.15) is 0 Å². The van der Waals surface area contributed by atoms with E-state index in [9.17, 15) is 0 Å². The Kier molecular flexibility index (Phi) is 2.82. The highest BCUT2D eigenvalue weighted by atomic mass is 32.1. The molecule has 0 aliphatic carbocycles. The summed E-state index contributed by atoms with van der Waals surface area (Å²) < 4.78 is 2.71. The fourth-order valence-electron chi connectivity index (χ4n) is 4.07. The molecular formula is C24H15NS. The van der Waals surface area contributed by atoms with Crippen LogP contribution in [0.3, 0.4) is 0 Å². The molecule has 0 unspecified atom stereocenters. The van der Waals surface area contributed by atoms with E-state index in [-0.39, 0.29) is 0 Å². The minimum Gasteiger partial charge on any atom is -0.354 e. The van der Waals surface area contributed by atoms with Crippen molar-refractivity contribution in [2.24, 2.45) is 0 Å². The second-order valence-corrected chi connectivity index (χ2v) is 7.74. The van der Waals surface area contributed by atoms with Gasteiger partial charge in [-0.15, -0.1) is 11.3 Å². The lowest BCUT2D eigenvalue weighted by molar-refractivity contribution is 1.56. The van der Waals surface area contributed by atoms with Crippen LogP contribution in [-0.4, -0.2) is 4.98 Å². The first-order valence-corrected chi connectivity index (χ1v) is 9.62. The molecule has 0 bridgehead atoms. The van der Waals surface area contributed by atoms with Crippen molar-refractivity contribution in [1.29, 1.82) is 0 Å². The first-order valence-electron chi connectivity index (χ1n) is 8.80. The maximum atomic E-state index is 3.64. The summed E-state index contributed by atoms with van der Waals surface area (Å²) in [4.78, 5) is 3.64. The molecule has 4 aromatic carbocycles. The summed E-state index contributed by atoms with van der Waals surface area (Å²) >= 11 is 1.90. The summed E-state index contributed by atoms with van der Waals surface area (Å²) in [5.74, 6) is 0. The molecule has 2 heterocycles. The van der Waals surface area contributed by atoms with Gasteiger partial charge in [-0.1, -0.05) is 66.7 Å². The van der Waals surface area contributed by atoms with Gasteiger partial charge >= 0.3 is 0 Å². The van der Waals surface area contributed by atoms with Crippen LogP contribution in [0.25, 0.3) is 53.1 Å². The molecule has 0 spiro atoms. The number of hydrogen-bond donors (Lipinski definition) is 1. The molecule has 0 fully saturated rings. The van der Waals surface area contributed by atoms with E-state index in [2.05, 4.69) is 89.9 Å². The Morgan fingerprint density at radius 3 is 2.23 bits per heavy atom. The molecular weight excluding hydrogens is 334 g/mol. The zero-order chi connectivity index (χ0) is 17.1. The average Bonchev–Trinajstić information content (AvgIpc) is 3.25. The highest BCUT2D eigenvalue weighted by molar-refractivity contribution is 7.26. The van der Waals surface area contributed by atoms with Crippen molar-refractivity contribution in [2.45, 2.75) is 0 Å². The van der Waals surface area contributed by atoms with Crippen LogP contribution in [0.5, 0.6) is 0 Å². The van der Waals surface area contributed by atoms with E-state index < -0.39 is 0 Å². The third kappa shape index (κ3) is 1.85. The smallest absolute Gasteiger partial charge is 0.0478 e. The second kappa shape index (κ2) is 5.20. The highest BCUT2D eigenvalue weighted by Gasteiger charge is 2.17. The fraction of sp³-hybridized carbons (Fsp3) is 0. The zero-order valence-electron chi connectivity index (χ0n) is 14.0. The first-order chi connectivity index (χ1) is 12.9. The molecule has 6 aromatic rings. The maximum absolute atomic E-state index is 3.64. The zero-order valence-corrected chi connectivity index (χ0v) is 14.8. The Labute approximate surface area is 154 Å². The number of para-hydroxylation sites is 1. The Bertz CT molecular complexity index is 1410. The number of aromatic nitrogens is 1. The van der Waals surface area contributed by atoms with Crippen molar-refractivity contribution < 1.29 is 0 Å². The molecule has 26 heavy (non-hydrogen) atoms. The minimum atomic E-state index is 1.20. The Balaban J connectivity index is 1.93. The molecule has 0 amide bonds. The Morgan fingerprint density at radius 2 is 1.35 bits per heavy atom. The maximum Gasteiger partial charge on any atom is 0.0478 e. The topological polar surface area (TPSA) is 15.8 Å². The summed E-state index contributed by atoms with van der Waals surface area (Å²) in [5, 5.41) is 5.29. The predicted octanol–water partition coefficient (Wildman–Crippen LogP) is 7.36. The van der Waals surface area contributed by atoms with E-state index in [1.54, 1.807) is 0 Å². The molecule has 6 rings (SSSR count). The summed E-state index contributed by atoms with van der Waals surface area (Å²) in [5.41, 5.74) is 5.03. The molecule has 0 atom stereocenters. The third-order valence-electron chi connectivity index (χ3n) is 5.20. The van der Waals surface area contributed by atoms with E-state index >= 15 is 0 Å². The largest absolute Gasteiger partial charge is 0.354 e. The fourth-order valence-corrected chi connectivity index (χ4v) is 5.33. The van der Waals surface area contributed by atoms with E-state index in [1.807, 2.05) is 11.3 Å². The number of rotatable bonds is 1. The van der Waals surface area contributed by atoms with Crippen molar-refractivity contribution in [3.05, 3.63) is 84.9 Å². The van der Waals surface area contributed by atoms with Crippen molar-refractivity contribution >= 4 is 53.3 Å². The van der Waals surface area contributed by atoms with Gasteiger partial charge in [0.05, 0.1) is 0 Å². The van der Waals surface area contributed by atoms with Gasteiger partial charge in [-0.3, -0.25) is 0 Å². The standard InChI is InChI=1S/C24H15NS/c1-2-8-15(9-3-1)22-23-17-11-4-6-12-19(17)25-20(23)14-18-16-10-5-7-13-21(16)26-24(18)22/h1-14,25H. The lowest BCUT2D eigenvalue weighted by Crippen LogP contribution is -1.81. The van der Waals surface area contributed by atoms with Gasteiger partial charge in [0.1, 0.15) is 0 Å². The van der Waals surface area contributed by atoms with Crippen molar-refractivity contribution in [3.63, 3.8) is 0 Å². The molecule has 0 radical (unpaired) electrons. The van der Waals surface area contributed by atoms with Crippen molar-refractivity contribution in [1.82, 2.24) is 4.98 Å². The van der Waals surface area contributed by atoms with Crippen LogP contribution >= 0.6 is 11.3 Å². The van der Waals surface area contributed by atoms with E-state index in [1.165, 1.54) is 53.1 Å². The van der Waals surface area contributed by atoms with Gasteiger partial charge in [0.25, 0.3) is 0 Å². The molecule has 1 N–H and O–H groups in total. The summed E-state index contributed by atoms with van der Waals surface area (Å²) in [6, 6.07) is 30.4. The molecule has 0 saturated heterocycles. The number of thiophene rings is 1. The summed E-state index contributed by atoms with van der Waals surface area (Å²) in [6.07, 6.45) is 0. The molecule has 0 aliphatic heterocycles. The van der Waals surface area contributed by atoms with Crippen LogP contribution in [0, 0.1) is 0 Å². The molecule has 0 aliphatic rings. The lowest BCUT2D eigenvalue weighted by Gasteiger charge is -2.07. The Hall–Kier alpha value is -3.10. The van der Waals surface area contributed by atoms with Gasteiger partial charge in [0.15, 0.2) is 0 Å². The van der Waals surface area contributed by atoms with Crippen molar-refractivity contribution in [2.75, 3.05) is 0 Å². The van der Waals surface area contributed by atoms with Crippen molar-refractivity contribution in [3.8, 4) is 11.1 Å². The van der Waals surface area contributed by atoms with Crippen LogP contribution in [0.2, 0.25) is 0 Å². The number of fused-ring (bicyclic) bond motifs is 6. The lowest BCUT2D eigenvalue weighted by atomic mass is 9.97. The molecule has 0 saturated carbocycles. The quantitative estimate of drug-likeness (QED) is 0.319. The molecule has 1 nitrogen and oxygen atoms in total. The SMILES string of the molecule is c1ccc(-c2c3sc4ccccc4c3cc3[nH]c4ccccc4c23)cc1. The van der Waals surface area contributed by atoms with Gasteiger partial charge < -0.3 is 4.98 Å². The van der Waals surface area contributed by atoms with E-state index in [0.717, 1.165) is 0 Å².